The van der Waals surface area contributed by atoms with E-state index in [1.165, 1.54) is 45.8 Å². The molecule has 2 amide bonds. The van der Waals surface area contributed by atoms with Gasteiger partial charge in [-0.3, -0.25) is 5.32 Å². The average molecular weight is 480 g/mol. The van der Waals surface area contributed by atoms with E-state index in [1.54, 1.807) is 0 Å². The van der Waals surface area contributed by atoms with Crippen LogP contribution in [0.1, 0.15) is 4.88 Å². The monoisotopic (exact) mass is 479 g/mol. The van der Waals surface area contributed by atoms with Crippen molar-refractivity contribution < 1.29 is 31.1 Å². The molecule has 0 unspecified atom stereocenters. The van der Waals surface area contributed by atoms with Crippen molar-refractivity contribution in [3.8, 4) is 11.8 Å². The second-order valence-electron chi connectivity index (χ2n) is 5.89. The van der Waals surface area contributed by atoms with Gasteiger partial charge in [0.1, 0.15) is 4.90 Å². The maximum absolute atomic E-state index is 12.6. The summed E-state index contributed by atoms with van der Waals surface area (Å²) in [6.07, 6.45) is -0.0216. The molecule has 12 nitrogen and oxygen atoms in total. The Morgan fingerprint density at radius 3 is 2.27 bits per heavy atom. The largest absolute Gasteiger partial charge is 0.481 e. The fourth-order valence-electron chi connectivity index (χ4n) is 2.13. The number of methoxy groups -OCH3 is 2. The smallest absolute Gasteiger partial charge is 0.335 e. The van der Waals surface area contributed by atoms with Crippen molar-refractivity contribution in [3.05, 3.63) is 22.4 Å². The second-order valence-corrected chi connectivity index (χ2v) is 10.8. The van der Waals surface area contributed by atoms with Crippen molar-refractivity contribution in [1.82, 2.24) is 19.0 Å². The summed E-state index contributed by atoms with van der Waals surface area (Å²) in [5, 5.41) is 3.69. The minimum atomic E-state index is -4.26. The number of ether oxygens (including phenoxy) is 2. The highest BCUT2D eigenvalue weighted by atomic mass is 32.2. The van der Waals surface area contributed by atoms with Gasteiger partial charge in [0.25, 0.3) is 10.0 Å². The number of anilines is 1. The highest BCUT2D eigenvalue weighted by Gasteiger charge is 2.24. The van der Waals surface area contributed by atoms with Gasteiger partial charge >= 0.3 is 6.03 Å². The highest BCUT2D eigenvalue weighted by molar-refractivity contribution is 7.90. The first-order valence-corrected chi connectivity index (χ1v) is 12.2. The van der Waals surface area contributed by atoms with Crippen LogP contribution in [-0.4, -0.2) is 71.2 Å². The van der Waals surface area contributed by atoms with Crippen molar-refractivity contribution in [2.24, 2.45) is 0 Å². The molecule has 0 atom stereocenters. The summed E-state index contributed by atoms with van der Waals surface area (Å²) in [5.41, 5.74) is 0. The molecule has 2 heterocycles. The predicted octanol–water partition coefficient (Wildman–Crippen LogP) is 0.500. The zero-order valence-electron chi connectivity index (χ0n) is 16.6. The van der Waals surface area contributed by atoms with E-state index in [4.69, 9.17) is 9.47 Å². The van der Waals surface area contributed by atoms with Crippen molar-refractivity contribution in [1.29, 1.82) is 0 Å². The number of rotatable bonds is 9. The van der Waals surface area contributed by atoms with Gasteiger partial charge in [-0.15, -0.1) is 11.3 Å². The molecule has 2 N–H and O–H groups in total. The fourth-order valence-corrected chi connectivity index (χ4v) is 5.47. The normalized spacial score (nSPS) is 11.9. The molecule has 0 aliphatic heterocycles. The SMILES string of the molecule is COc1cc(OC)nc(NC(=O)NS(=O)(=O)c2ccsc2CCS(=O)(=O)N(C)C)n1. The quantitative estimate of drug-likeness (QED) is 0.522. The molecule has 166 valence electrons. The molecule has 0 saturated carbocycles. The van der Waals surface area contributed by atoms with Gasteiger partial charge in [0, 0.05) is 19.0 Å². The van der Waals surface area contributed by atoms with E-state index in [0.717, 1.165) is 15.6 Å². The molecule has 2 rings (SSSR count). The van der Waals surface area contributed by atoms with Crippen LogP contribution in [0.5, 0.6) is 11.8 Å². The number of nitrogens with zero attached hydrogens (tertiary/aromatic N) is 3. The number of carbonyl (C=O) groups is 1. The van der Waals surface area contributed by atoms with Crippen LogP contribution < -0.4 is 19.5 Å². The number of sulfonamides is 2. The van der Waals surface area contributed by atoms with Gasteiger partial charge in [0.15, 0.2) is 0 Å². The molecule has 30 heavy (non-hydrogen) atoms. The average Bonchev–Trinajstić information content (AvgIpc) is 3.15. The van der Waals surface area contributed by atoms with E-state index in [0.29, 0.717) is 4.88 Å². The van der Waals surface area contributed by atoms with Gasteiger partial charge < -0.3 is 9.47 Å². The van der Waals surface area contributed by atoms with Crippen LogP contribution in [0.15, 0.2) is 22.4 Å². The van der Waals surface area contributed by atoms with Crippen LogP contribution in [0.2, 0.25) is 0 Å². The Kier molecular flexibility index (Phi) is 7.57. The zero-order chi connectivity index (χ0) is 22.5. The Hall–Kier alpha value is -2.49. The lowest BCUT2D eigenvalue weighted by atomic mass is 10.4. The maximum Gasteiger partial charge on any atom is 0.335 e. The number of carbonyl (C=O) groups excluding carboxylic acids is 1. The van der Waals surface area contributed by atoms with E-state index in [1.807, 2.05) is 4.72 Å². The van der Waals surface area contributed by atoms with Crippen LogP contribution in [0.3, 0.4) is 0 Å². The number of aromatic nitrogens is 2. The van der Waals surface area contributed by atoms with Crippen LogP contribution in [0, 0.1) is 0 Å². The number of hydrogen-bond acceptors (Lipinski definition) is 10. The Balaban J connectivity index is 2.14. The third kappa shape index (κ3) is 6.01. The van der Waals surface area contributed by atoms with Crippen molar-refractivity contribution in [2.75, 3.05) is 39.4 Å². The molecule has 0 radical (unpaired) electrons. The number of aryl methyl sites for hydroxylation is 1. The minimum absolute atomic E-state index is 0.0216. The number of amides is 2. The molecule has 0 fully saturated rings. The first kappa shape index (κ1) is 23.8. The van der Waals surface area contributed by atoms with Crippen LogP contribution in [-0.2, 0) is 26.5 Å². The van der Waals surface area contributed by atoms with Crippen molar-refractivity contribution in [3.63, 3.8) is 0 Å². The molecule has 15 heteroatoms. The van der Waals surface area contributed by atoms with Crippen molar-refractivity contribution in [2.45, 2.75) is 11.3 Å². The summed E-state index contributed by atoms with van der Waals surface area (Å²) in [5.74, 6) is -0.307. The lowest BCUT2D eigenvalue weighted by Crippen LogP contribution is -2.35. The minimum Gasteiger partial charge on any atom is -0.481 e. The lowest BCUT2D eigenvalue weighted by molar-refractivity contribution is 0.256. The van der Waals surface area contributed by atoms with Crippen LogP contribution >= 0.6 is 11.3 Å². The molecule has 0 bridgehead atoms. The molecule has 0 spiro atoms. The van der Waals surface area contributed by atoms with Gasteiger partial charge in [-0.1, -0.05) is 0 Å². The molecular formula is C15H21N5O7S3. The van der Waals surface area contributed by atoms with Gasteiger partial charge in [-0.2, -0.15) is 9.97 Å². The third-order valence-corrected chi connectivity index (χ3v) is 8.05. The Bertz CT molecular complexity index is 1090. The highest BCUT2D eigenvalue weighted by Crippen LogP contribution is 2.23. The third-order valence-electron chi connectivity index (χ3n) is 3.69. The first-order chi connectivity index (χ1) is 14.0. The maximum atomic E-state index is 12.6. The number of urea groups is 1. The molecule has 0 aliphatic rings. The number of thiophene rings is 1. The van der Waals surface area contributed by atoms with Gasteiger partial charge in [-0.05, 0) is 17.9 Å². The number of nitrogens with one attached hydrogen (secondary N) is 2. The molecule has 2 aromatic heterocycles. The lowest BCUT2D eigenvalue weighted by Gasteiger charge is -2.12. The van der Waals surface area contributed by atoms with Gasteiger partial charge in [0.2, 0.25) is 27.7 Å². The molecule has 0 aromatic carbocycles. The zero-order valence-corrected chi connectivity index (χ0v) is 19.0. The second kappa shape index (κ2) is 9.55. The summed E-state index contributed by atoms with van der Waals surface area (Å²) in [6, 6.07) is 1.56. The van der Waals surface area contributed by atoms with Crippen LogP contribution in [0.25, 0.3) is 0 Å². The van der Waals surface area contributed by atoms with E-state index < -0.39 is 26.1 Å². The topological polar surface area (TPSA) is 157 Å². The van der Waals surface area contributed by atoms with Gasteiger partial charge in [-0.25, -0.2) is 30.7 Å². The molecule has 0 aliphatic carbocycles. The summed E-state index contributed by atoms with van der Waals surface area (Å²) < 4.78 is 61.9. The molecule has 0 saturated heterocycles. The van der Waals surface area contributed by atoms with Crippen LogP contribution in [0.4, 0.5) is 10.7 Å². The van der Waals surface area contributed by atoms with E-state index >= 15 is 0 Å². The summed E-state index contributed by atoms with van der Waals surface area (Å²) in [7, 11) is -2.29. The molecule has 2 aromatic rings. The van der Waals surface area contributed by atoms with E-state index in [-0.39, 0.29) is 34.8 Å². The first-order valence-electron chi connectivity index (χ1n) is 8.26. The van der Waals surface area contributed by atoms with Gasteiger partial charge in [0.05, 0.1) is 26.0 Å². The van der Waals surface area contributed by atoms with E-state index in [9.17, 15) is 21.6 Å². The standard InChI is InChI=1S/C15H21N5O7S3/c1-20(2)29(22,23)8-6-10-11(5-7-28-10)30(24,25)19-15(21)18-14-16-12(26-3)9-13(17-14)27-4/h5,7,9H,6,8H2,1-4H3,(H2,16,17,18,19,21). The summed E-state index contributed by atoms with van der Waals surface area (Å²) >= 11 is 1.08. The summed E-state index contributed by atoms with van der Waals surface area (Å²) in [6.45, 7) is 0. The number of hydrogen-bond donors (Lipinski definition) is 2. The predicted molar refractivity (Wildman–Crippen MR) is 110 cm³/mol. The molecular weight excluding hydrogens is 458 g/mol. The fraction of sp³-hybridized carbons (Fsp3) is 0.400. The Morgan fingerprint density at radius 1 is 1.13 bits per heavy atom. The Morgan fingerprint density at radius 2 is 1.73 bits per heavy atom. The Labute approximate surface area is 178 Å². The summed E-state index contributed by atoms with van der Waals surface area (Å²) in [4.78, 5) is 20.1. The van der Waals surface area contributed by atoms with E-state index in [2.05, 4.69) is 15.3 Å². The van der Waals surface area contributed by atoms with Crippen molar-refractivity contribution >= 4 is 43.4 Å².